The van der Waals surface area contributed by atoms with Crippen molar-refractivity contribution in [2.75, 3.05) is 5.32 Å². The van der Waals surface area contributed by atoms with E-state index in [9.17, 15) is 0 Å². The van der Waals surface area contributed by atoms with Crippen molar-refractivity contribution in [3.05, 3.63) is 46.8 Å². The molecule has 1 heterocycles. The fourth-order valence-electron chi connectivity index (χ4n) is 1.32. The van der Waals surface area contributed by atoms with Crippen LogP contribution in [-0.4, -0.2) is 9.97 Å². The van der Waals surface area contributed by atoms with Gasteiger partial charge in [-0.15, -0.1) is 0 Å². The summed E-state index contributed by atoms with van der Waals surface area (Å²) in [6, 6.07) is 7.90. The molecule has 0 bridgehead atoms. The minimum atomic E-state index is 0.528. The lowest BCUT2D eigenvalue weighted by Gasteiger charge is -2.07. The number of benzene rings is 1. The highest BCUT2D eigenvalue weighted by Gasteiger charge is 2.01. The van der Waals surface area contributed by atoms with E-state index in [-0.39, 0.29) is 0 Å². The van der Waals surface area contributed by atoms with Gasteiger partial charge in [-0.05, 0) is 33.6 Å². The molecule has 0 aliphatic carbocycles. The van der Waals surface area contributed by atoms with Crippen LogP contribution < -0.4 is 11.1 Å². The Morgan fingerprint density at radius 2 is 2.25 bits per heavy atom. The van der Waals surface area contributed by atoms with Crippen LogP contribution in [0.1, 0.15) is 5.56 Å². The zero-order chi connectivity index (χ0) is 11.4. The monoisotopic (exact) mass is 278 g/mol. The molecule has 0 aliphatic rings. The highest BCUT2D eigenvalue weighted by atomic mass is 79.9. The Morgan fingerprint density at radius 1 is 1.38 bits per heavy atom. The molecule has 0 spiro atoms. The van der Waals surface area contributed by atoms with Gasteiger partial charge >= 0.3 is 0 Å². The summed E-state index contributed by atoms with van der Waals surface area (Å²) in [6.07, 6.45) is 3.20. The summed E-state index contributed by atoms with van der Waals surface area (Å²) in [5, 5.41) is 3.19. The van der Waals surface area contributed by atoms with Gasteiger partial charge < -0.3 is 11.1 Å². The topological polar surface area (TPSA) is 63.8 Å². The summed E-state index contributed by atoms with van der Waals surface area (Å²) >= 11 is 3.38. The van der Waals surface area contributed by atoms with E-state index in [0.29, 0.717) is 6.54 Å². The molecule has 16 heavy (non-hydrogen) atoms. The van der Waals surface area contributed by atoms with Gasteiger partial charge in [0.05, 0.1) is 4.47 Å². The van der Waals surface area contributed by atoms with Gasteiger partial charge in [-0.1, -0.05) is 12.1 Å². The van der Waals surface area contributed by atoms with E-state index in [2.05, 4.69) is 31.2 Å². The molecule has 0 fully saturated rings. The molecule has 3 N–H and O–H groups in total. The lowest BCUT2D eigenvalue weighted by Crippen LogP contribution is -1.99. The minimum absolute atomic E-state index is 0.528. The van der Waals surface area contributed by atoms with Gasteiger partial charge in [-0.25, -0.2) is 9.97 Å². The first-order valence-electron chi connectivity index (χ1n) is 4.81. The number of aromatic nitrogens is 2. The molecule has 0 saturated heterocycles. The maximum absolute atomic E-state index is 5.58. The summed E-state index contributed by atoms with van der Waals surface area (Å²) in [5.74, 6) is 0.740. The Balaban J connectivity index is 2.24. The van der Waals surface area contributed by atoms with Crippen LogP contribution in [0.3, 0.4) is 0 Å². The molecule has 0 radical (unpaired) electrons. The first-order valence-corrected chi connectivity index (χ1v) is 5.60. The van der Waals surface area contributed by atoms with Crippen LogP contribution in [0.2, 0.25) is 0 Å². The van der Waals surface area contributed by atoms with E-state index >= 15 is 0 Å². The molecule has 0 aliphatic heterocycles. The molecule has 4 nitrogen and oxygen atoms in total. The van der Waals surface area contributed by atoms with Crippen molar-refractivity contribution >= 4 is 27.4 Å². The first-order chi connectivity index (χ1) is 7.79. The molecule has 82 valence electrons. The molecule has 2 aromatic rings. The highest BCUT2D eigenvalue weighted by Crippen LogP contribution is 2.22. The normalized spacial score (nSPS) is 10.1. The van der Waals surface area contributed by atoms with Gasteiger partial charge in [0.15, 0.2) is 0 Å². The lowest BCUT2D eigenvalue weighted by atomic mass is 10.2. The summed E-state index contributed by atoms with van der Waals surface area (Å²) in [7, 11) is 0. The average Bonchev–Trinajstić information content (AvgIpc) is 2.32. The highest BCUT2D eigenvalue weighted by molar-refractivity contribution is 9.10. The number of anilines is 2. The minimum Gasteiger partial charge on any atom is -0.339 e. The SMILES string of the molecule is NCc1cccc(Nc2ncncc2Br)c1. The number of hydrogen-bond donors (Lipinski definition) is 2. The largest absolute Gasteiger partial charge is 0.339 e. The third kappa shape index (κ3) is 2.56. The Kier molecular flexibility index (Phi) is 3.48. The molecule has 0 saturated carbocycles. The van der Waals surface area contributed by atoms with Crippen LogP contribution in [0.4, 0.5) is 11.5 Å². The quantitative estimate of drug-likeness (QED) is 0.905. The van der Waals surface area contributed by atoms with Crippen LogP contribution >= 0.6 is 15.9 Å². The third-order valence-corrected chi connectivity index (χ3v) is 2.67. The predicted octanol–water partition coefficient (Wildman–Crippen LogP) is 2.44. The fraction of sp³-hybridized carbons (Fsp3) is 0.0909. The van der Waals surface area contributed by atoms with Crippen molar-refractivity contribution in [1.29, 1.82) is 0 Å². The molecule has 5 heteroatoms. The Labute approximate surface area is 102 Å². The Morgan fingerprint density at radius 3 is 3.00 bits per heavy atom. The Bertz CT molecular complexity index is 487. The number of nitrogens with zero attached hydrogens (tertiary/aromatic N) is 2. The van der Waals surface area contributed by atoms with Crippen LogP contribution in [0, 0.1) is 0 Å². The van der Waals surface area contributed by atoms with E-state index in [1.807, 2.05) is 24.3 Å². The molecular weight excluding hydrogens is 268 g/mol. The van der Waals surface area contributed by atoms with Crippen molar-refractivity contribution in [2.24, 2.45) is 5.73 Å². The van der Waals surface area contributed by atoms with E-state index in [1.54, 1.807) is 6.20 Å². The third-order valence-electron chi connectivity index (χ3n) is 2.09. The van der Waals surface area contributed by atoms with Gasteiger partial charge in [0.1, 0.15) is 12.1 Å². The molecular formula is C11H11BrN4. The number of halogens is 1. The second kappa shape index (κ2) is 5.05. The second-order valence-electron chi connectivity index (χ2n) is 3.25. The maximum Gasteiger partial charge on any atom is 0.148 e. The molecule has 0 atom stereocenters. The van der Waals surface area contributed by atoms with E-state index < -0.39 is 0 Å². The second-order valence-corrected chi connectivity index (χ2v) is 4.10. The van der Waals surface area contributed by atoms with Crippen LogP contribution in [-0.2, 0) is 6.54 Å². The molecule has 0 amide bonds. The standard InChI is InChI=1S/C11H11BrN4/c12-10-6-14-7-15-11(10)16-9-3-1-2-8(4-9)5-13/h1-4,6-7H,5,13H2,(H,14,15,16). The summed E-state index contributed by atoms with van der Waals surface area (Å²) < 4.78 is 0.827. The van der Waals surface area contributed by atoms with Crippen LogP contribution in [0.5, 0.6) is 0 Å². The zero-order valence-corrected chi connectivity index (χ0v) is 10.1. The van der Waals surface area contributed by atoms with Gasteiger partial charge in [0.25, 0.3) is 0 Å². The van der Waals surface area contributed by atoms with E-state index in [0.717, 1.165) is 21.5 Å². The van der Waals surface area contributed by atoms with Crippen molar-refractivity contribution in [2.45, 2.75) is 6.54 Å². The van der Waals surface area contributed by atoms with Crippen molar-refractivity contribution in [1.82, 2.24) is 9.97 Å². The Hall–Kier alpha value is -1.46. The first kappa shape index (κ1) is 11.0. The van der Waals surface area contributed by atoms with Gasteiger partial charge in [0, 0.05) is 18.4 Å². The van der Waals surface area contributed by atoms with Gasteiger partial charge in [-0.3, -0.25) is 0 Å². The lowest BCUT2D eigenvalue weighted by molar-refractivity contribution is 1.07. The number of nitrogens with two attached hydrogens (primary N) is 1. The summed E-state index contributed by atoms with van der Waals surface area (Å²) in [5.41, 5.74) is 7.62. The summed E-state index contributed by atoms with van der Waals surface area (Å²) in [4.78, 5) is 8.03. The smallest absolute Gasteiger partial charge is 0.148 e. The zero-order valence-electron chi connectivity index (χ0n) is 8.52. The maximum atomic E-state index is 5.58. The van der Waals surface area contributed by atoms with Crippen molar-refractivity contribution in [3.8, 4) is 0 Å². The van der Waals surface area contributed by atoms with Gasteiger partial charge in [-0.2, -0.15) is 0 Å². The van der Waals surface area contributed by atoms with Crippen molar-refractivity contribution in [3.63, 3.8) is 0 Å². The summed E-state index contributed by atoms with van der Waals surface area (Å²) in [6.45, 7) is 0.528. The molecule has 1 aromatic heterocycles. The number of rotatable bonds is 3. The number of nitrogens with one attached hydrogen (secondary N) is 1. The fourth-order valence-corrected chi connectivity index (χ4v) is 1.64. The predicted molar refractivity (Wildman–Crippen MR) is 67.3 cm³/mol. The molecule has 0 unspecified atom stereocenters. The van der Waals surface area contributed by atoms with Crippen LogP contribution in [0.15, 0.2) is 41.3 Å². The van der Waals surface area contributed by atoms with E-state index in [1.165, 1.54) is 6.33 Å². The van der Waals surface area contributed by atoms with Crippen LogP contribution in [0.25, 0.3) is 0 Å². The van der Waals surface area contributed by atoms with Gasteiger partial charge in [0.2, 0.25) is 0 Å². The van der Waals surface area contributed by atoms with E-state index in [4.69, 9.17) is 5.73 Å². The number of hydrogen-bond acceptors (Lipinski definition) is 4. The van der Waals surface area contributed by atoms with Crippen molar-refractivity contribution < 1.29 is 0 Å². The molecule has 2 rings (SSSR count). The average molecular weight is 279 g/mol. The molecule has 1 aromatic carbocycles.